The summed E-state index contributed by atoms with van der Waals surface area (Å²) < 4.78 is 40.3. The fraction of sp³-hybridized carbons (Fsp3) is 0.500. The van der Waals surface area contributed by atoms with Gasteiger partial charge in [-0.25, -0.2) is 17.5 Å². The second-order valence-corrected chi connectivity index (χ2v) is 6.44. The highest BCUT2D eigenvalue weighted by Crippen LogP contribution is 2.16. The van der Waals surface area contributed by atoms with E-state index in [9.17, 15) is 12.8 Å². The summed E-state index contributed by atoms with van der Waals surface area (Å²) in [5.41, 5.74) is 6.01. The first kappa shape index (κ1) is 16.0. The predicted octanol–water partition coefficient (Wildman–Crippen LogP) is 0.513. The van der Waals surface area contributed by atoms with E-state index in [1.807, 2.05) is 19.0 Å². The summed E-state index contributed by atoms with van der Waals surface area (Å²) in [6.45, 7) is 2.41. The van der Waals surface area contributed by atoms with Gasteiger partial charge in [0.15, 0.2) is 0 Å². The Morgan fingerprint density at radius 3 is 2.58 bits per heavy atom. The molecule has 0 fully saturated rings. The molecule has 0 saturated carbocycles. The lowest BCUT2D eigenvalue weighted by atomic mass is 10.2. The van der Waals surface area contributed by atoms with Crippen LogP contribution in [-0.2, 0) is 16.6 Å². The van der Waals surface area contributed by atoms with Gasteiger partial charge < -0.3 is 10.6 Å². The molecule has 0 amide bonds. The molecule has 0 spiro atoms. The van der Waals surface area contributed by atoms with Crippen LogP contribution in [0.15, 0.2) is 23.1 Å². The highest BCUT2D eigenvalue weighted by Gasteiger charge is 2.21. The van der Waals surface area contributed by atoms with Crippen LogP contribution in [0, 0.1) is 5.82 Å². The number of halogens is 1. The molecule has 19 heavy (non-hydrogen) atoms. The number of benzene rings is 1. The van der Waals surface area contributed by atoms with E-state index < -0.39 is 15.8 Å². The van der Waals surface area contributed by atoms with Crippen molar-refractivity contribution in [2.24, 2.45) is 5.73 Å². The van der Waals surface area contributed by atoms with E-state index in [1.54, 1.807) is 6.92 Å². The van der Waals surface area contributed by atoms with Crippen LogP contribution in [0.2, 0.25) is 0 Å². The van der Waals surface area contributed by atoms with Gasteiger partial charge in [0.1, 0.15) is 10.7 Å². The zero-order valence-corrected chi connectivity index (χ0v) is 12.2. The van der Waals surface area contributed by atoms with Gasteiger partial charge in [-0.15, -0.1) is 0 Å². The third kappa shape index (κ3) is 4.54. The van der Waals surface area contributed by atoms with Crippen molar-refractivity contribution >= 4 is 10.0 Å². The lowest BCUT2D eigenvalue weighted by Gasteiger charge is -2.18. The normalized spacial score (nSPS) is 13.8. The molecular weight excluding hydrogens is 269 g/mol. The van der Waals surface area contributed by atoms with Crippen molar-refractivity contribution < 1.29 is 12.8 Å². The molecule has 1 atom stereocenters. The van der Waals surface area contributed by atoms with E-state index in [4.69, 9.17) is 5.73 Å². The molecule has 0 aliphatic carbocycles. The Balaban J connectivity index is 3.00. The van der Waals surface area contributed by atoms with Gasteiger partial charge in [-0.1, -0.05) is 6.07 Å². The van der Waals surface area contributed by atoms with Crippen molar-refractivity contribution in [3.05, 3.63) is 29.6 Å². The molecule has 3 N–H and O–H groups in total. The Hall–Kier alpha value is -1.02. The summed E-state index contributed by atoms with van der Waals surface area (Å²) in [5.74, 6) is -0.776. The van der Waals surface area contributed by atoms with Gasteiger partial charge >= 0.3 is 0 Å². The minimum atomic E-state index is -3.88. The molecule has 0 aliphatic heterocycles. The second-order valence-electron chi connectivity index (χ2n) is 4.75. The van der Waals surface area contributed by atoms with E-state index in [0.29, 0.717) is 12.1 Å². The zero-order valence-electron chi connectivity index (χ0n) is 11.4. The predicted molar refractivity (Wildman–Crippen MR) is 72.6 cm³/mol. The quantitative estimate of drug-likeness (QED) is 0.800. The van der Waals surface area contributed by atoms with Gasteiger partial charge in [0.2, 0.25) is 10.0 Å². The van der Waals surface area contributed by atoms with Gasteiger partial charge in [0, 0.05) is 19.1 Å². The van der Waals surface area contributed by atoms with Crippen LogP contribution >= 0.6 is 0 Å². The third-order valence-electron chi connectivity index (χ3n) is 2.52. The second kappa shape index (κ2) is 6.42. The summed E-state index contributed by atoms with van der Waals surface area (Å²) in [7, 11) is -0.208. The highest BCUT2D eigenvalue weighted by atomic mass is 32.2. The SMILES string of the molecule is CC(CN(C)C)NS(=O)(=O)c1cc(CN)ccc1F. The standard InChI is InChI=1S/C12H20FN3O2S/c1-9(8-16(2)3)15-19(17,18)12-6-10(7-14)4-5-11(12)13/h4-6,9,15H,7-8,14H2,1-3H3. The van der Waals surface area contributed by atoms with Crippen molar-refractivity contribution in [1.82, 2.24) is 9.62 Å². The Morgan fingerprint density at radius 2 is 2.05 bits per heavy atom. The molecule has 1 unspecified atom stereocenters. The molecule has 7 heteroatoms. The van der Waals surface area contributed by atoms with Crippen molar-refractivity contribution in [2.75, 3.05) is 20.6 Å². The first-order valence-corrected chi connectivity index (χ1v) is 7.40. The fourth-order valence-electron chi connectivity index (χ4n) is 1.79. The minimum Gasteiger partial charge on any atom is -0.326 e. The minimum absolute atomic E-state index is 0.163. The molecular formula is C12H20FN3O2S. The monoisotopic (exact) mass is 289 g/mol. The number of nitrogens with zero attached hydrogens (tertiary/aromatic N) is 1. The smallest absolute Gasteiger partial charge is 0.243 e. The zero-order chi connectivity index (χ0) is 14.6. The van der Waals surface area contributed by atoms with Crippen molar-refractivity contribution in [1.29, 1.82) is 0 Å². The van der Waals surface area contributed by atoms with Crippen LogP contribution in [0.3, 0.4) is 0 Å². The third-order valence-corrected chi connectivity index (χ3v) is 4.12. The maximum atomic E-state index is 13.6. The maximum Gasteiger partial charge on any atom is 0.243 e. The topological polar surface area (TPSA) is 75.4 Å². The summed E-state index contributed by atoms with van der Waals surface area (Å²) in [4.78, 5) is 1.49. The molecule has 0 bridgehead atoms. The number of hydrogen-bond acceptors (Lipinski definition) is 4. The van der Waals surface area contributed by atoms with Crippen LogP contribution in [0.5, 0.6) is 0 Å². The Bertz CT molecular complexity index is 532. The molecule has 108 valence electrons. The largest absolute Gasteiger partial charge is 0.326 e. The number of nitrogens with one attached hydrogen (secondary N) is 1. The molecule has 1 rings (SSSR count). The Labute approximate surface area is 113 Å². The molecule has 0 radical (unpaired) electrons. The molecule has 0 aromatic heterocycles. The molecule has 0 heterocycles. The lowest BCUT2D eigenvalue weighted by molar-refractivity contribution is 0.370. The molecule has 1 aromatic carbocycles. The lowest BCUT2D eigenvalue weighted by Crippen LogP contribution is -2.39. The van der Waals surface area contributed by atoms with Gasteiger partial charge in [0.25, 0.3) is 0 Å². The van der Waals surface area contributed by atoms with E-state index in [-0.39, 0.29) is 17.5 Å². The van der Waals surface area contributed by atoms with Crippen LogP contribution in [0.4, 0.5) is 4.39 Å². The van der Waals surface area contributed by atoms with Crippen LogP contribution in [0.1, 0.15) is 12.5 Å². The fourth-order valence-corrected chi connectivity index (χ4v) is 3.16. The van der Waals surface area contributed by atoms with Gasteiger partial charge in [0.05, 0.1) is 0 Å². The first-order valence-electron chi connectivity index (χ1n) is 5.92. The van der Waals surface area contributed by atoms with Crippen LogP contribution < -0.4 is 10.5 Å². The van der Waals surface area contributed by atoms with Gasteiger partial charge in [-0.2, -0.15) is 0 Å². The molecule has 5 nitrogen and oxygen atoms in total. The van der Waals surface area contributed by atoms with Crippen LogP contribution in [-0.4, -0.2) is 40.0 Å². The summed E-state index contributed by atoms with van der Waals surface area (Å²) in [6.07, 6.45) is 0. The van der Waals surface area contributed by atoms with Gasteiger partial charge in [-0.05, 0) is 38.7 Å². The number of rotatable bonds is 6. The first-order chi connectivity index (χ1) is 8.76. The van der Waals surface area contributed by atoms with E-state index in [2.05, 4.69) is 4.72 Å². The average molecular weight is 289 g/mol. The van der Waals surface area contributed by atoms with E-state index >= 15 is 0 Å². The van der Waals surface area contributed by atoms with Crippen molar-refractivity contribution in [3.63, 3.8) is 0 Å². The number of hydrogen-bond donors (Lipinski definition) is 2. The summed E-state index contributed by atoms with van der Waals surface area (Å²) >= 11 is 0. The van der Waals surface area contributed by atoms with Crippen molar-refractivity contribution in [2.45, 2.75) is 24.4 Å². The van der Waals surface area contributed by atoms with Gasteiger partial charge in [-0.3, -0.25) is 0 Å². The number of likely N-dealkylation sites (N-methyl/N-ethyl adjacent to an activating group) is 1. The van der Waals surface area contributed by atoms with E-state index in [1.165, 1.54) is 12.1 Å². The summed E-state index contributed by atoms with van der Waals surface area (Å²) in [5, 5.41) is 0. The Kier molecular flexibility index (Phi) is 5.42. The maximum absolute atomic E-state index is 13.6. The average Bonchev–Trinajstić information content (AvgIpc) is 2.27. The number of sulfonamides is 1. The highest BCUT2D eigenvalue weighted by molar-refractivity contribution is 7.89. The molecule has 0 saturated heterocycles. The number of nitrogens with two attached hydrogens (primary N) is 1. The van der Waals surface area contributed by atoms with Crippen molar-refractivity contribution in [3.8, 4) is 0 Å². The Morgan fingerprint density at radius 1 is 1.42 bits per heavy atom. The van der Waals surface area contributed by atoms with Crippen LogP contribution in [0.25, 0.3) is 0 Å². The molecule has 0 aliphatic rings. The summed E-state index contributed by atoms with van der Waals surface area (Å²) in [6, 6.07) is 3.53. The molecule has 1 aromatic rings. The van der Waals surface area contributed by atoms with E-state index in [0.717, 1.165) is 6.07 Å².